The van der Waals surface area contributed by atoms with Crippen molar-refractivity contribution in [1.82, 2.24) is 15.0 Å². The summed E-state index contributed by atoms with van der Waals surface area (Å²) in [5.74, 6) is 1.60. The van der Waals surface area contributed by atoms with Gasteiger partial charge in [-0.25, -0.2) is 9.97 Å². The number of rotatable bonds is 3. The van der Waals surface area contributed by atoms with Crippen LogP contribution in [0.4, 0.5) is 5.82 Å². The van der Waals surface area contributed by atoms with E-state index < -0.39 is 0 Å². The third kappa shape index (κ3) is 2.38. The van der Waals surface area contributed by atoms with Crippen LogP contribution in [-0.4, -0.2) is 21.5 Å². The third-order valence-electron chi connectivity index (χ3n) is 3.59. The summed E-state index contributed by atoms with van der Waals surface area (Å²) in [6.45, 7) is 9.20. The number of anilines is 1. The van der Waals surface area contributed by atoms with Gasteiger partial charge in [0.05, 0.1) is 5.39 Å². The summed E-state index contributed by atoms with van der Waals surface area (Å²) in [4.78, 5) is 16.2. The van der Waals surface area contributed by atoms with Gasteiger partial charge in [0, 0.05) is 17.6 Å². The Bertz CT molecular complexity index is 807. The van der Waals surface area contributed by atoms with Crippen molar-refractivity contribution in [3.63, 3.8) is 0 Å². The van der Waals surface area contributed by atoms with Crippen LogP contribution in [0.15, 0.2) is 18.3 Å². The first-order valence-electron chi connectivity index (χ1n) is 7.05. The van der Waals surface area contributed by atoms with E-state index in [1.54, 1.807) is 17.5 Å². The number of nitrogens with one attached hydrogen (secondary N) is 1. The first-order chi connectivity index (χ1) is 10.1. The lowest BCUT2D eigenvalue weighted by Gasteiger charge is -2.09. The lowest BCUT2D eigenvalue weighted by atomic mass is 10.2. The molecule has 0 unspecified atom stereocenters. The SMILES string of the molecule is CCNc1nc(-c2ncccc2C)nc2sc(C)c(C)c12. The highest BCUT2D eigenvalue weighted by Gasteiger charge is 2.16. The molecule has 3 heterocycles. The second-order valence-corrected chi connectivity index (χ2v) is 6.26. The van der Waals surface area contributed by atoms with Crippen LogP contribution in [0, 0.1) is 20.8 Å². The standard InChI is InChI=1S/C16H18N4S/c1-5-17-14-12-10(3)11(4)21-16(12)20-15(19-14)13-9(2)7-6-8-18-13/h6-8H,5H2,1-4H3,(H,17,19,20). The number of aryl methyl sites for hydroxylation is 3. The quantitative estimate of drug-likeness (QED) is 0.790. The largest absolute Gasteiger partial charge is 0.370 e. The van der Waals surface area contributed by atoms with E-state index in [2.05, 4.69) is 31.1 Å². The van der Waals surface area contributed by atoms with Gasteiger partial charge in [0.15, 0.2) is 5.82 Å². The molecule has 0 saturated carbocycles. The molecule has 3 aromatic heterocycles. The fraction of sp³-hybridized carbons (Fsp3) is 0.312. The van der Waals surface area contributed by atoms with Crippen LogP contribution in [-0.2, 0) is 0 Å². The van der Waals surface area contributed by atoms with Gasteiger partial charge in [-0.15, -0.1) is 11.3 Å². The molecule has 4 nitrogen and oxygen atoms in total. The number of thiophene rings is 1. The molecule has 0 radical (unpaired) electrons. The molecule has 21 heavy (non-hydrogen) atoms. The lowest BCUT2D eigenvalue weighted by molar-refractivity contribution is 1.12. The fourth-order valence-corrected chi connectivity index (χ4v) is 3.40. The Labute approximate surface area is 128 Å². The van der Waals surface area contributed by atoms with Crippen molar-refractivity contribution >= 4 is 27.4 Å². The van der Waals surface area contributed by atoms with Gasteiger partial charge < -0.3 is 5.32 Å². The molecule has 0 aliphatic rings. The number of pyridine rings is 1. The maximum atomic E-state index is 4.74. The zero-order valence-corrected chi connectivity index (χ0v) is 13.5. The van der Waals surface area contributed by atoms with E-state index in [1.807, 2.05) is 19.1 Å². The molecule has 0 bridgehead atoms. The summed E-state index contributed by atoms with van der Waals surface area (Å²) < 4.78 is 0. The second-order valence-electron chi connectivity index (χ2n) is 5.06. The van der Waals surface area contributed by atoms with Crippen molar-refractivity contribution in [2.75, 3.05) is 11.9 Å². The van der Waals surface area contributed by atoms with Gasteiger partial charge in [0.2, 0.25) is 0 Å². The first-order valence-corrected chi connectivity index (χ1v) is 7.87. The molecule has 0 aliphatic carbocycles. The van der Waals surface area contributed by atoms with Crippen molar-refractivity contribution in [2.45, 2.75) is 27.7 Å². The van der Waals surface area contributed by atoms with Crippen molar-refractivity contribution in [2.24, 2.45) is 0 Å². The lowest BCUT2D eigenvalue weighted by Crippen LogP contribution is -2.03. The van der Waals surface area contributed by atoms with Crippen LogP contribution < -0.4 is 5.32 Å². The van der Waals surface area contributed by atoms with Crippen LogP contribution in [0.5, 0.6) is 0 Å². The Hall–Kier alpha value is -2.01. The molecule has 0 aromatic carbocycles. The molecule has 0 spiro atoms. The molecular formula is C16H18N4S. The van der Waals surface area contributed by atoms with Crippen molar-refractivity contribution in [1.29, 1.82) is 0 Å². The van der Waals surface area contributed by atoms with E-state index in [9.17, 15) is 0 Å². The summed E-state index contributed by atoms with van der Waals surface area (Å²) in [5, 5.41) is 4.50. The predicted molar refractivity (Wildman–Crippen MR) is 89.0 cm³/mol. The second kappa shape index (κ2) is 5.41. The minimum Gasteiger partial charge on any atom is -0.370 e. The highest BCUT2D eigenvalue weighted by atomic mass is 32.1. The smallest absolute Gasteiger partial charge is 0.181 e. The highest BCUT2D eigenvalue weighted by Crippen LogP contribution is 2.34. The maximum absolute atomic E-state index is 4.74. The Kier molecular flexibility index (Phi) is 3.59. The summed E-state index contributed by atoms with van der Waals surface area (Å²) >= 11 is 1.71. The number of aromatic nitrogens is 3. The molecule has 108 valence electrons. The molecule has 1 N–H and O–H groups in total. The van der Waals surface area contributed by atoms with Crippen LogP contribution >= 0.6 is 11.3 Å². The van der Waals surface area contributed by atoms with Crippen LogP contribution in [0.3, 0.4) is 0 Å². The molecule has 0 aliphatic heterocycles. The van der Waals surface area contributed by atoms with Gasteiger partial charge in [-0.2, -0.15) is 0 Å². The van der Waals surface area contributed by atoms with E-state index in [0.29, 0.717) is 5.82 Å². The van der Waals surface area contributed by atoms with Crippen LogP contribution in [0.1, 0.15) is 22.9 Å². The van der Waals surface area contributed by atoms with Gasteiger partial charge in [0.25, 0.3) is 0 Å². The Morgan fingerprint density at radius 3 is 2.71 bits per heavy atom. The van der Waals surface area contributed by atoms with Crippen LogP contribution in [0.2, 0.25) is 0 Å². The van der Waals surface area contributed by atoms with Crippen molar-refractivity contribution in [3.8, 4) is 11.5 Å². The molecule has 0 saturated heterocycles. The Morgan fingerprint density at radius 1 is 1.19 bits per heavy atom. The van der Waals surface area contributed by atoms with Gasteiger partial charge in [-0.05, 0) is 44.9 Å². The maximum Gasteiger partial charge on any atom is 0.181 e. The van der Waals surface area contributed by atoms with Crippen molar-refractivity contribution < 1.29 is 0 Å². The summed E-state index contributed by atoms with van der Waals surface area (Å²) in [6.07, 6.45) is 1.79. The van der Waals surface area contributed by atoms with Gasteiger partial charge in [-0.1, -0.05) is 6.07 Å². The molecule has 5 heteroatoms. The topological polar surface area (TPSA) is 50.7 Å². The molecule has 3 aromatic rings. The van der Waals surface area contributed by atoms with Crippen LogP contribution in [0.25, 0.3) is 21.7 Å². The average Bonchev–Trinajstić information content (AvgIpc) is 2.75. The Balaban J connectivity index is 2.29. The number of fused-ring (bicyclic) bond motifs is 1. The third-order valence-corrected chi connectivity index (χ3v) is 4.70. The number of hydrogen-bond acceptors (Lipinski definition) is 5. The average molecular weight is 298 g/mol. The highest BCUT2D eigenvalue weighted by molar-refractivity contribution is 7.18. The normalized spacial score (nSPS) is 11.0. The van der Waals surface area contributed by atoms with Gasteiger partial charge >= 0.3 is 0 Å². The zero-order chi connectivity index (χ0) is 15.0. The molecule has 3 rings (SSSR count). The van der Waals surface area contributed by atoms with E-state index in [1.165, 1.54) is 10.4 Å². The molecular weight excluding hydrogens is 280 g/mol. The summed E-state index contributed by atoms with van der Waals surface area (Å²) in [7, 11) is 0. The fourth-order valence-electron chi connectivity index (χ4n) is 2.37. The first kappa shape index (κ1) is 13.9. The molecule has 0 atom stereocenters. The predicted octanol–water partition coefficient (Wildman–Crippen LogP) is 4.11. The van der Waals surface area contributed by atoms with Gasteiger partial charge in [-0.3, -0.25) is 4.98 Å². The van der Waals surface area contributed by atoms with Crippen molar-refractivity contribution in [3.05, 3.63) is 34.3 Å². The van der Waals surface area contributed by atoms with E-state index in [4.69, 9.17) is 9.97 Å². The summed E-state index contributed by atoms with van der Waals surface area (Å²) in [6, 6.07) is 3.97. The molecule has 0 fully saturated rings. The Morgan fingerprint density at radius 2 is 2.00 bits per heavy atom. The monoisotopic (exact) mass is 298 g/mol. The van der Waals surface area contributed by atoms with E-state index in [0.717, 1.165) is 33.8 Å². The number of nitrogens with zero attached hydrogens (tertiary/aromatic N) is 3. The van der Waals surface area contributed by atoms with Gasteiger partial charge in [0.1, 0.15) is 16.3 Å². The molecule has 0 amide bonds. The minimum atomic E-state index is 0.692. The minimum absolute atomic E-state index is 0.692. The van der Waals surface area contributed by atoms with E-state index >= 15 is 0 Å². The zero-order valence-electron chi connectivity index (χ0n) is 12.7. The summed E-state index contributed by atoms with van der Waals surface area (Å²) in [5.41, 5.74) is 3.20. The van der Waals surface area contributed by atoms with E-state index in [-0.39, 0.29) is 0 Å². The number of hydrogen-bond donors (Lipinski definition) is 1.